The molecule has 1 unspecified atom stereocenters. The Bertz CT molecular complexity index is 225. The number of rotatable bonds is 12. The predicted octanol–water partition coefficient (Wildman–Crippen LogP) is 4.87. The second-order valence-electron chi connectivity index (χ2n) is 5.15. The zero-order chi connectivity index (χ0) is 18.3. The molecule has 0 rings (SSSR count). The topological polar surface area (TPSA) is 127 Å². The van der Waals surface area contributed by atoms with E-state index in [9.17, 15) is 0 Å². The van der Waals surface area contributed by atoms with Gasteiger partial charge in [-0.1, -0.05) is 77.6 Å². The van der Waals surface area contributed by atoms with E-state index in [0.29, 0.717) is 0 Å². The van der Waals surface area contributed by atoms with Crippen LogP contribution < -0.4 is 0 Å². The van der Waals surface area contributed by atoms with Crippen molar-refractivity contribution in [3.05, 3.63) is 20.2 Å². The molecule has 0 fully saturated rings. The summed E-state index contributed by atoms with van der Waals surface area (Å²) in [6.07, 6.45) is 18.7. The van der Waals surface area contributed by atoms with Crippen LogP contribution in [0.5, 0.6) is 0 Å². The van der Waals surface area contributed by atoms with Gasteiger partial charge in [-0.3, -0.25) is 0 Å². The van der Waals surface area contributed by atoms with Gasteiger partial charge in [-0.2, -0.15) is 0 Å². The molecule has 0 spiro atoms. The van der Waals surface area contributed by atoms with E-state index in [2.05, 4.69) is 16.2 Å². The third kappa shape index (κ3) is 63.0. The van der Waals surface area contributed by atoms with Gasteiger partial charge in [-0.05, 0) is 12.6 Å². The molecule has 0 saturated heterocycles. The third-order valence-electron chi connectivity index (χ3n) is 3.06. The zero-order valence-electron chi connectivity index (χ0n) is 14.2. The Morgan fingerprint density at radius 2 is 0.913 bits per heavy atom. The molecule has 0 radical (unpaired) electrons. The summed E-state index contributed by atoms with van der Waals surface area (Å²) in [7, 11) is 2.81. The molecule has 0 aliphatic rings. The van der Waals surface area contributed by atoms with Crippen molar-refractivity contribution in [2.24, 2.45) is 0 Å². The second-order valence-corrected chi connectivity index (χ2v) is 5.73. The first-order valence-corrected chi connectivity index (χ1v) is 9.06. The molecule has 2 N–H and O–H groups in total. The first-order valence-electron chi connectivity index (χ1n) is 8.25. The van der Waals surface area contributed by atoms with Gasteiger partial charge in [-0.25, -0.2) is 0 Å². The van der Waals surface area contributed by atoms with Crippen LogP contribution in [-0.4, -0.2) is 26.7 Å². The Hall–Kier alpha value is -1.17. The Morgan fingerprint density at radius 1 is 0.696 bits per heavy atom. The summed E-state index contributed by atoms with van der Waals surface area (Å²) in [6.45, 7) is 2.29. The molecule has 140 valence electrons. The lowest BCUT2D eigenvalue weighted by Crippen LogP contribution is -1.82. The van der Waals surface area contributed by atoms with E-state index in [0.717, 1.165) is 0 Å². The van der Waals surface area contributed by atoms with Gasteiger partial charge in [0, 0.05) is 0 Å². The molecule has 0 saturated carbocycles. The van der Waals surface area contributed by atoms with Crippen LogP contribution in [0.25, 0.3) is 0 Å². The van der Waals surface area contributed by atoms with Gasteiger partial charge in [-0.15, -0.1) is 29.5 Å². The summed E-state index contributed by atoms with van der Waals surface area (Å²) in [5, 5.41) is 27.3. The number of hydrogen-bond acceptors (Lipinski definition) is 4. The average molecular weight is 356 g/mol. The number of hydrogen-bond donors (Lipinski definition) is 2. The molecular formula is C14H33N2O6P. The van der Waals surface area contributed by atoms with E-state index < -0.39 is 10.2 Å². The fourth-order valence-electron chi connectivity index (χ4n) is 1.99. The van der Waals surface area contributed by atoms with E-state index in [1.807, 2.05) is 0 Å². The van der Waals surface area contributed by atoms with Crippen LogP contribution in [0.2, 0.25) is 0 Å². The van der Waals surface area contributed by atoms with Gasteiger partial charge in [0.15, 0.2) is 0 Å². The molecule has 0 bridgehead atoms. The van der Waals surface area contributed by atoms with Gasteiger partial charge in [0.1, 0.15) is 0 Å². The van der Waals surface area contributed by atoms with Crippen LogP contribution in [0.4, 0.5) is 0 Å². The highest BCUT2D eigenvalue weighted by Crippen LogP contribution is 2.12. The van der Waals surface area contributed by atoms with Crippen LogP contribution in [0, 0.1) is 20.2 Å². The summed E-state index contributed by atoms with van der Waals surface area (Å²) in [4.78, 5) is 16.7. The maximum absolute atomic E-state index is 8.36. The van der Waals surface area contributed by atoms with Crippen LogP contribution in [0.3, 0.4) is 0 Å². The monoisotopic (exact) mass is 356 g/mol. The molecule has 9 heteroatoms. The highest BCUT2D eigenvalue weighted by atomic mass is 31.0. The van der Waals surface area contributed by atoms with Crippen LogP contribution in [-0.2, 0) is 0 Å². The Morgan fingerprint density at radius 3 is 1.13 bits per heavy atom. The fraction of sp³-hybridized carbons (Fsp3) is 1.00. The van der Waals surface area contributed by atoms with Crippen molar-refractivity contribution in [1.29, 1.82) is 0 Å². The number of nitrogens with zero attached hydrogens (tertiary/aromatic N) is 2. The molecule has 0 amide bonds. The predicted molar refractivity (Wildman–Crippen MR) is 93.2 cm³/mol. The lowest BCUT2D eigenvalue weighted by Gasteiger charge is -2.01. The molecule has 1 atom stereocenters. The summed E-state index contributed by atoms with van der Waals surface area (Å²) in [5.74, 6) is 0. The van der Waals surface area contributed by atoms with Crippen molar-refractivity contribution in [1.82, 2.24) is 0 Å². The minimum absolute atomic E-state index is 1.29. The van der Waals surface area contributed by atoms with E-state index in [1.54, 1.807) is 0 Å². The summed E-state index contributed by atoms with van der Waals surface area (Å²) in [6, 6.07) is 0. The molecule has 8 nitrogen and oxygen atoms in total. The van der Waals surface area contributed by atoms with Gasteiger partial charge in [0.25, 0.3) is 10.2 Å². The van der Waals surface area contributed by atoms with Crippen LogP contribution in [0.15, 0.2) is 0 Å². The Kier molecular flexibility index (Phi) is 29.9. The smallest absolute Gasteiger partial charge is 0.291 e. The van der Waals surface area contributed by atoms with Crippen molar-refractivity contribution in [3.63, 3.8) is 0 Å². The Labute approximate surface area is 141 Å². The molecular weight excluding hydrogens is 323 g/mol. The highest BCUT2D eigenvalue weighted by molar-refractivity contribution is 7.16. The van der Waals surface area contributed by atoms with Crippen LogP contribution >= 0.6 is 9.24 Å². The van der Waals surface area contributed by atoms with Gasteiger partial charge in [0.05, 0.1) is 0 Å². The van der Waals surface area contributed by atoms with Crippen molar-refractivity contribution in [3.8, 4) is 0 Å². The van der Waals surface area contributed by atoms with E-state index in [-0.39, 0.29) is 0 Å². The standard InChI is InChI=1S/C14H31P.2HNO3/c1-2-3-4-5-6-7-8-9-10-11-12-13-14-15;2*2-1(3)4/h2-15H2,1H3;2*(H,2,3,4). The van der Waals surface area contributed by atoms with Gasteiger partial charge in [0.2, 0.25) is 0 Å². The van der Waals surface area contributed by atoms with Crippen molar-refractivity contribution >= 4 is 9.24 Å². The molecule has 0 aliphatic heterocycles. The molecule has 0 aliphatic carbocycles. The fourth-order valence-corrected chi connectivity index (χ4v) is 2.27. The molecule has 0 aromatic heterocycles. The highest BCUT2D eigenvalue weighted by Gasteiger charge is 1.92. The first-order chi connectivity index (χ1) is 10.9. The largest absolute Gasteiger partial charge is 0.328 e. The minimum atomic E-state index is -1.50. The van der Waals surface area contributed by atoms with E-state index >= 15 is 0 Å². The number of unbranched alkanes of at least 4 members (excludes halogenated alkanes) is 11. The minimum Gasteiger partial charge on any atom is -0.328 e. The molecule has 0 heterocycles. The quantitative estimate of drug-likeness (QED) is 0.222. The SMILES string of the molecule is CCCCCCCCCCCCCCP.O=[N+]([O-])O.O=[N+]([O-])O. The maximum Gasteiger partial charge on any atom is 0.291 e. The van der Waals surface area contributed by atoms with Gasteiger partial charge >= 0.3 is 0 Å². The average Bonchev–Trinajstić information content (AvgIpc) is 2.43. The Balaban J connectivity index is -0.000000413. The third-order valence-corrected chi connectivity index (χ3v) is 3.47. The molecule has 0 aromatic carbocycles. The zero-order valence-corrected chi connectivity index (χ0v) is 15.3. The summed E-state index contributed by atoms with van der Waals surface area (Å²) >= 11 is 0. The van der Waals surface area contributed by atoms with E-state index in [4.69, 9.17) is 30.6 Å². The van der Waals surface area contributed by atoms with Crippen molar-refractivity contribution in [2.45, 2.75) is 84.0 Å². The van der Waals surface area contributed by atoms with Crippen LogP contribution in [0.1, 0.15) is 84.0 Å². The summed E-state index contributed by atoms with van der Waals surface area (Å²) in [5.41, 5.74) is 0. The van der Waals surface area contributed by atoms with Gasteiger partial charge < -0.3 is 10.4 Å². The summed E-state index contributed by atoms with van der Waals surface area (Å²) < 4.78 is 0. The lowest BCUT2D eigenvalue weighted by molar-refractivity contribution is -0.742. The molecule has 23 heavy (non-hydrogen) atoms. The van der Waals surface area contributed by atoms with E-state index in [1.165, 1.54) is 83.2 Å². The van der Waals surface area contributed by atoms with Crippen molar-refractivity contribution in [2.75, 3.05) is 6.16 Å². The normalized spacial score (nSPS) is 9.13. The second kappa shape index (κ2) is 25.8. The lowest BCUT2D eigenvalue weighted by atomic mass is 10.1. The molecule has 0 aromatic rings. The van der Waals surface area contributed by atoms with Crippen molar-refractivity contribution < 1.29 is 20.6 Å². The maximum atomic E-state index is 8.36. The first kappa shape index (κ1) is 26.7.